The van der Waals surface area contributed by atoms with E-state index < -0.39 is 30.3 Å². The van der Waals surface area contributed by atoms with Crippen molar-refractivity contribution in [2.75, 3.05) is 13.1 Å². The molecule has 1 aromatic rings. The molecular formula is C21H27N3O4. The smallest absolute Gasteiger partial charge is 0.334 e. The van der Waals surface area contributed by atoms with Crippen LogP contribution in [0.5, 0.6) is 0 Å². The van der Waals surface area contributed by atoms with Gasteiger partial charge in [-0.3, -0.25) is 19.3 Å². The molecule has 1 heterocycles. The van der Waals surface area contributed by atoms with E-state index in [1.165, 1.54) is 24.0 Å². The van der Waals surface area contributed by atoms with E-state index in [0.29, 0.717) is 0 Å². The third-order valence-corrected chi connectivity index (χ3v) is 5.23. The van der Waals surface area contributed by atoms with Gasteiger partial charge in [0.1, 0.15) is 6.54 Å². The molecule has 1 fully saturated rings. The van der Waals surface area contributed by atoms with Gasteiger partial charge in [0.05, 0.1) is 6.04 Å². The number of aryl methyl sites for hydroxylation is 2. The summed E-state index contributed by atoms with van der Waals surface area (Å²) in [5, 5.41) is 2.83. The van der Waals surface area contributed by atoms with Crippen LogP contribution in [0.3, 0.4) is 0 Å². The standard InChI is InChI=1S/C21H27N3O4/c1-13(2)11-23-19(26)20(27)24(21(23)28)12-18(25)22-14(3)16-9-8-15-6-4-5-7-17(15)10-16/h8-10,13-14H,4-7,11-12H2,1-3H3,(H,22,25)/t14-/m0/s1. The molecule has 0 spiro atoms. The van der Waals surface area contributed by atoms with Gasteiger partial charge < -0.3 is 5.32 Å². The fourth-order valence-corrected chi connectivity index (χ4v) is 3.75. The Bertz CT molecular complexity index is 818. The maximum atomic E-state index is 12.4. The Balaban J connectivity index is 1.63. The van der Waals surface area contributed by atoms with Gasteiger partial charge in [-0.2, -0.15) is 0 Å². The number of hydrogen-bond acceptors (Lipinski definition) is 4. The van der Waals surface area contributed by atoms with E-state index in [2.05, 4.69) is 17.4 Å². The van der Waals surface area contributed by atoms with Gasteiger partial charge in [-0.25, -0.2) is 9.69 Å². The predicted octanol–water partition coefficient (Wildman–Crippen LogP) is 2.19. The first-order valence-electron chi connectivity index (χ1n) is 9.86. The van der Waals surface area contributed by atoms with Gasteiger partial charge in [0.25, 0.3) is 0 Å². The van der Waals surface area contributed by atoms with Crippen LogP contribution in [-0.4, -0.2) is 46.6 Å². The largest absolute Gasteiger partial charge is 0.348 e. The lowest BCUT2D eigenvalue weighted by Crippen LogP contribution is -2.42. The van der Waals surface area contributed by atoms with Crippen LogP contribution >= 0.6 is 0 Å². The maximum absolute atomic E-state index is 12.4. The van der Waals surface area contributed by atoms with E-state index in [0.717, 1.165) is 28.2 Å². The van der Waals surface area contributed by atoms with E-state index in [1.807, 2.05) is 26.8 Å². The minimum Gasteiger partial charge on any atom is -0.348 e. The zero-order valence-corrected chi connectivity index (χ0v) is 16.7. The second kappa shape index (κ2) is 8.12. The topological polar surface area (TPSA) is 86.8 Å². The number of hydrogen-bond donors (Lipinski definition) is 1. The lowest BCUT2D eigenvalue weighted by atomic mass is 9.89. The van der Waals surface area contributed by atoms with Gasteiger partial charge in [-0.1, -0.05) is 32.0 Å². The molecule has 1 aromatic carbocycles. The van der Waals surface area contributed by atoms with E-state index >= 15 is 0 Å². The van der Waals surface area contributed by atoms with Crippen molar-refractivity contribution in [1.29, 1.82) is 0 Å². The molecule has 1 atom stereocenters. The molecule has 2 aliphatic rings. The van der Waals surface area contributed by atoms with Gasteiger partial charge in [0.15, 0.2) is 0 Å². The highest BCUT2D eigenvalue weighted by Gasteiger charge is 2.45. The van der Waals surface area contributed by atoms with Gasteiger partial charge in [0, 0.05) is 6.54 Å². The van der Waals surface area contributed by atoms with Crippen LogP contribution in [0.15, 0.2) is 18.2 Å². The highest BCUT2D eigenvalue weighted by molar-refractivity contribution is 6.45. The van der Waals surface area contributed by atoms with Gasteiger partial charge in [-0.05, 0) is 55.2 Å². The number of benzene rings is 1. The Labute approximate surface area is 165 Å². The number of urea groups is 1. The Hall–Kier alpha value is -2.70. The first-order valence-corrected chi connectivity index (χ1v) is 9.86. The fraction of sp³-hybridized carbons (Fsp3) is 0.524. The number of carbonyl (C=O) groups is 4. The second-order valence-electron chi connectivity index (χ2n) is 8.01. The molecule has 3 rings (SSSR count). The highest BCUT2D eigenvalue weighted by atomic mass is 16.2. The predicted molar refractivity (Wildman–Crippen MR) is 103 cm³/mol. The summed E-state index contributed by atoms with van der Waals surface area (Å²) in [5.74, 6) is -2.24. The van der Waals surface area contributed by atoms with Crippen molar-refractivity contribution in [2.45, 2.75) is 52.5 Å². The molecule has 150 valence electrons. The summed E-state index contributed by atoms with van der Waals surface area (Å²) in [5.41, 5.74) is 3.68. The Morgan fingerprint density at radius 2 is 1.64 bits per heavy atom. The van der Waals surface area contributed by atoms with Crippen molar-refractivity contribution >= 4 is 23.8 Å². The highest BCUT2D eigenvalue weighted by Crippen LogP contribution is 2.25. The average molecular weight is 385 g/mol. The van der Waals surface area contributed by atoms with Gasteiger partial charge >= 0.3 is 17.8 Å². The van der Waals surface area contributed by atoms with Crippen molar-refractivity contribution in [3.8, 4) is 0 Å². The molecule has 0 radical (unpaired) electrons. The van der Waals surface area contributed by atoms with E-state index in [-0.39, 0.29) is 18.5 Å². The third kappa shape index (κ3) is 4.08. The molecule has 7 heteroatoms. The molecule has 1 N–H and O–H groups in total. The summed E-state index contributed by atoms with van der Waals surface area (Å²) in [6.07, 6.45) is 4.53. The SMILES string of the molecule is CC(C)CN1C(=O)C(=O)N(CC(=O)N[C@@H](C)c2ccc3c(c2)CCCC3)C1=O. The zero-order valence-electron chi connectivity index (χ0n) is 16.7. The lowest BCUT2D eigenvalue weighted by molar-refractivity contribution is -0.144. The number of carbonyl (C=O) groups excluding carboxylic acids is 4. The minimum atomic E-state index is -0.942. The monoisotopic (exact) mass is 385 g/mol. The second-order valence-corrected chi connectivity index (χ2v) is 8.01. The summed E-state index contributed by atoms with van der Waals surface area (Å²) in [6, 6.07) is 5.27. The van der Waals surface area contributed by atoms with Crippen molar-refractivity contribution in [3.63, 3.8) is 0 Å². The van der Waals surface area contributed by atoms with E-state index in [1.54, 1.807) is 0 Å². The first kappa shape index (κ1) is 20.0. The van der Waals surface area contributed by atoms with E-state index in [9.17, 15) is 19.2 Å². The molecule has 1 saturated heterocycles. The van der Waals surface area contributed by atoms with Crippen LogP contribution in [0.2, 0.25) is 0 Å². The number of fused-ring (bicyclic) bond motifs is 1. The molecule has 1 aliphatic carbocycles. The first-order chi connectivity index (χ1) is 13.3. The fourth-order valence-electron chi connectivity index (χ4n) is 3.75. The van der Waals surface area contributed by atoms with Crippen LogP contribution in [0, 0.1) is 5.92 Å². The number of nitrogens with zero attached hydrogens (tertiary/aromatic N) is 2. The van der Waals surface area contributed by atoms with Gasteiger partial charge in [0.2, 0.25) is 5.91 Å². The zero-order chi connectivity index (χ0) is 20.4. The Morgan fingerprint density at radius 3 is 2.32 bits per heavy atom. The lowest BCUT2D eigenvalue weighted by Gasteiger charge is -2.21. The molecule has 0 aromatic heterocycles. The number of rotatable bonds is 6. The van der Waals surface area contributed by atoms with Crippen molar-refractivity contribution in [3.05, 3.63) is 34.9 Å². The normalized spacial score (nSPS) is 17.9. The average Bonchev–Trinajstić information content (AvgIpc) is 2.85. The number of amides is 5. The van der Waals surface area contributed by atoms with Crippen molar-refractivity contribution < 1.29 is 19.2 Å². The maximum Gasteiger partial charge on any atom is 0.334 e. The summed E-state index contributed by atoms with van der Waals surface area (Å²) in [7, 11) is 0. The minimum absolute atomic E-state index is 0.0403. The molecule has 7 nitrogen and oxygen atoms in total. The molecule has 0 unspecified atom stereocenters. The Kier molecular flexibility index (Phi) is 5.82. The molecule has 0 saturated carbocycles. The van der Waals surface area contributed by atoms with Crippen LogP contribution in [0.4, 0.5) is 4.79 Å². The third-order valence-electron chi connectivity index (χ3n) is 5.23. The van der Waals surface area contributed by atoms with Crippen LogP contribution in [-0.2, 0) is 27.2 Å². The van der Waals surface area contributed by atoms with Crippen molar-refractivity contribution in [1.82, 2.24) is 15.1 Å². The summed E-state index contributed by atoms with van der Waals surface area (Å²) >= 11 is 0. The molecule has 5 amide bonds. The number of imide groups is 2. The number of nitrogens with one attached hydrogen (secondary N) is 1. The van der Waals surface area contributed by atoms with Crippen LogP contribution in [0.1, 0.15) is 56.3 Å². The van der Waals surface area contributed by atoms with Crippen LogP contribution in [0.25, 0.3) is 0 Å². The van der Waals surface area contributed by atoms with Crippen LogP contribution < -0.4 is 5.32 Å². The van der Waals surface area contributed by atoms with E-state index in [4.69, 9.17) is 0 Å². The molecule has 28 heavy (non-hydrogen) atoms. The summed E-state index contributed by atoms with van der Waals surface area (Å²) in [6.45, 7) is 5.27. The van der Waals surface area contributed by atoms with Gasteiger partial charge in [-0.15, -0.1) is 0 Å². The van der Waals surface area contributed by atoms with Crippen molar-refractivity contribution in [2.24, 2.45) is 5.92 Å². The molecule has 0 bridgehead atoms. The molecular weight excluding hydrogens is 358 g/mol. The Morgan fingerprint density at radius 1 is 1.00 bits per heavy atom. The summed E-state index contributed by atoms with van der Waals surface area (Å²) in [4.78, 5) is 50.5. The molecule has 1 aliphatic heterocycles. The summed E-state index contributed by atoms with van der Waals surface area (Å²) < 4.78 is 0. The quantitative estimate of drug-likeness (QED) is 0.601.